The molecule has 3 rings (SSSR count). The van der Waals surface area contributed by atoms with Crippen LogP contribution in [0.25, 0.3) is 0 Å². The van der Waals surface area contributed by atoms with Crippen LogP contribution < -0.4 is 14.2 Å². The molecule has 2 aliphatic rings. The van der Waals surface area contributed by atoms with Crippen molar-refractivity contribution in [1.82, 2.24) is 9.62 Å². The normalized spacial score (nSPS) is 20.2. The van der Waals surface area contributed by atoms with Crippen molar-refractivity contribution >= 4 is 10.0 Å². The van der Waals surface area contributed by atoms with Crippen molar-refractivity contribution in [3.8, 4) is 11.5 Å². The summed E-state index contributed by atoms with van der Waals surface area (Å²) in [5, 5.41) is 0. The molecule has 1 saturated heterocycles. The first-order valence-corrected chi connectivity index (χ1v) is 9.26. The fourth-order valence-electron chi connectivity index (χ4n) is 2.65. The van der Waals surface area contributed by atoms with Crippen LogP contribution in [0.4, 0.5) is 0 Å². The minimum Gasteiger partial charge on any atom is -0.486 e. The van der Waals surface area contributed by atoms with E-state index >= 15 is 0 Å². The molecule has 8 heteroatoms. The van der Waals surface area contributed by atoms with E-state index in [2.05, 4.69) is 9.62 Å². The molecule has 0 spiro atoms. The number of hydrogen-bond acceptors (Lipinski definition) is 6. The van der Waals surface area contributed by atoms with E-state index in [9.17, 15) is 8.42 Å². The fourth-order valence-corrected chi connectivity index (χ4v) is 3.79. The molecule has 2 aliphatic heterocycles. The quantitative estimate of drug-likeness (QED) is 0.838. The highest BCUT2D eigenvalue weighted by molar-refractivity contribution is 7.89. The van der Waals surface area contributed by atoms with Gasteiger partial charge in [0.15, 0.2) is 11.5 Å². The average Bonchev–Trinajstić information content (AvgIpc) is 2.60. The Kier molecular flexibility index (Phi) is 5.05. The molecule has 0 bridgehead atoms. The zero-order valence-electron chi connectivity index (χ0n) is 13.2. The number of rotatable bonds is 5. The summed E-state index contributed by atoms with van der Waals surface area (Å²) >= 11 is 0. The van der Waals surface area contributed by atoms with Crippen LogP contribution in [0.5, 0.6) is 11.5 Å². The summed E-state index contributed by atoms with van der Waals surface area (Å²) in [5.74, 6) is 1.05. The maximum atomic E-state index is 12.5. The Labute approximate surface area is 136 Å². The van der Waals surface area contributed by atoms with E-state index in [4.69, 9.17) is 14.2 Å². The summed E-state index contributed by atoms with van der Waals surface area (Å²) in [7, 11) is -3.57. The molecule has 0 radical (unpaired) electrons. The number of morpholine rings is 1. The zero-order valence-corrected chi connectivity index (χ0v) is 14.0. The van der Waals surface area contributed by atoms with Gasteiger partial charge in [0.25, 0.3) is 0 Å². The van der Waals surface area contributed by atoms with Crippen molar-refractivity contribution in [2.24, 2.45) is 0 Å². The minimum atomic E-state index is -3.57. The number of nitrogens with one attached hydrogen (secondary N) is 1. The van der Waals surface area contributed by atoms with Gasteiger partial charge in [-0.2, -0.15) is 0 Å². The van der Waals surface area contributed by atoms with Crippen molar-refractivity contribution in [3.63, 3.8) is 0 Å². The molecular formula is C15H22N2O5S. The van der Waals surface area contributed by atoms with Gasteiger partial charge in [-0.3, -0.25) is 4.90 Å². The Morgan fingerprint density at radius 1 is 1.13 bits per heavy atom. The summed E-state index contributed by atoms with van der Waals surface area (Å²) in [4.78, 5) is 2.41. The Bertz CT molecular complexity index is 643. The summed E-state index contributed by atoms with van der Waals surface area (Å²) in [6.45, 7) is 6.32. The second-order valence-electron chi connectivity index (χ2n) is 5.65. The average molecular weight is 342 g/mol. The van der Waals surface area contributed by atoms with Gasteiger partial charge in [0.05, 0.1) is 18.1 Å². The molecule has 0 amide bonds. The summed E-state index contributed by atoms with van der Waals surface area (Å²) in [5.41, 5.74) is 0. The fraction of sp³-hybridized carbons (Fsp3) is 0.600. The lowest BCUT2D eigenvalue weighted by atomic mass is 10.2. The highest BCUT2D eigenvalue weighted by Crippen LogP contribution is 2.32. The predicted molar refractivity (Wildman–Crippen MR) is 84.5 cm³/mol. The molecule has 1 aromatic rings. The third-order valence-electron chi connectivity index (χ3n) is 4.06. The molecule has 0 saturated carbocycles. The van der Waals surface area contributed by atoms with Gasteiger partial charge in [0, 0.05) is 31.7 Å². The van der Waals surface area contributed by atoms with Crippen LogP contribution in [-0.4, -0.2) is 65.4 Å². The molecule has 128 valence electrons. The Morgan fingerprint density at radius 2 is 1.83 bits per heavy atom. The lowest BCUT2D eigenvalue weighted by Gasteiger charge is -2.32. The third-order valence-corrected chi connectivity index (χ3v) is 5.48. The molecule has 23 heavy (non-hydrogen) atoms. The van der Waals surface area contributed by atoms with Gasteiger partial charge >= 0.3 is 0 Å². The number of sulfonamides is 1. The summed E-state index contributed by atoms with van der Waals surface area (Å²) in [6, 6.07) is 4.80. The first kappa shape index (κ1) is 16.5. The molecule has 0 unspecified atom stereocenters. The monoisotopic (exact) mass is 342 g/mol. The van der Waals surface area contributed by atoms with Crippen LogP contribution in [0.15, 0.2) is 23.1 Å². The topological polar surface area (TPSA) is 77.1 Å². The number of fused-ring (bicyclic) bond motifs is 1. The van der Waals surface area contributed by atoms with E-state index in [0.29, 0.717) is 44.5 Å². The molecule has 1 N–H and O–H groups in total. The molecule has 7 nitrogen and oxygen atoms in total. The van der Waals surface area contributed by atoms with E-state index in [0.717, 1.165) is 13.1 Å². The molecule has 1 atom stereocenters. The van der Waals surface area contributed by atoms with Crippen molar-refractivity contribution in [2.75, 3.05) is 46.1 Å². The minimum absolute atomic E-state index is 0.117. The van der Waals surface area contributed by atoms with Gasteiger partial charge in [-0.1, -0.05) is 0 Å². The zero-order chi connectivity index (χ0) is 16.3. The number of ether oxygens (including phenoxy) is 3. The maximum Gasteiger partial charge on any atom is 0.240 e. The van der Waals surface area contributed by atoms with E-state index in [1.807, 2.05) is 6.92 Å². The largest absolute Gasteiger partial charge is 0.486 e. The van der Waals surface area contributed by atoms with Crippen LogP contribution in [0.2, 0.25) is 0 Å². The molecule has 1 fully saturated rings. The lowest BCUT2D eigenvalue weighted by Crippen LogP contribution is -2.47. The van der Waals surface area contributed by atoms with Crippen molar-refractivity contribution in [1.29, 1.82) is 0 Å². The van der Waals surface area contributed by atoms with Gasteiger partial charge in [-0.15, -0.1) is 0 Å². The molecule has 0 aromatic heterocycles. The Balaban J connectivity index is 1.64. The number of nitrogens with zero attached hydrogens (tertiary/aromatic N) is 1. The molecule has 0 aliphatic carbocycles. The molecular weight excluding hydrogens is 320 g/mol. The summed E-state index contributed by atoms with van der Waals surface area (Å²) < 4.78 is 43.7. The van der Waals surface area contributed by atoms with Crippen LogP contribution >= 0.6 is 0 Å². The number of benzene rings is 1. The SMILES string of the molecule is C[C@@H](CNS(=O)(=O)c1ccc2c(c1)OCCO2)N1CCOCC1. The van der Waals surface area contributed by atoms with E-state index in [1.54, 1.807) is 6.07 Å². The highest BCUT2D eigenvalue weighted by Gasteiger charge is 2.22. The summed E-state index contributed by atoms with van der Waals surface area (Å²) in [6.07, 6.45) is 0. The molecule has 1 aromatic carbocycles. The van der Waals surface area contributed by atoms with Crippen LogP contribution in [0, 0.1) is 0 Å². The van der Waals surface area contributed by atoms with Gasteiger partial charge in [-0.05, 0) is 19.1 Å². The van der Waals surface area contributed by atoms with Gasteiger partial charge < -0.3 is 14.2 Å². The number of hydrogen-bond donors (Lipinski definition) is 1. The van der Waals surface area contributed by atoms with Crippen molar-refractivity contribution in [3.05, 3.63) is 18.2 Å². The van der Waals surface area contributed by atoms with Crippen molar-refractivity contribution < 1.29 is 22.6 Å². The van der Waals surface area contributed by atoms with Crippen LogP contribution in [0.1, 0.15) is 6.92 Å². The standard InChI is InChI=1S/C15H22N2O5S/c1-12(17-4-6-20-7-5-17)11-16-23(18,19)13-2-3-14-15(10-13)22-9-8-21-14/h2-3,10,12,16H,4-9,11H2,1H3/t12-/m0/s1. The van der Waals surface area contributed by atoms with Crippen molar-refractivity contribution in [2.45, 2.75) is 17.9 Å². The lowest BCUT2D eigenvalue weighted by molar-refractivity contribution is 0.0213. The van der Waals surface area contributed by atoms with Crippen LogP contribution in [0.3, 0.4) is 0 Å². The van der Waals surface area contributed by atoms with Crippen LogP contribution in [-0.2, 0) is 14.8 Å². The maximum absolute atomic E-state index is 12.5. The van der Waals surface area contributed by atoms with Gasteiger partial charge in [-0.25, -0.2) is 13.1 Å². The first-order chi connectivity index (χ1) is 11.1. The smallest absolute Gasteiger partial charge is 0.240 e. The highest BCUT2D eigenvalue weighted by atomic mass is 32.2. The van der Waals surface area contributed by atoms with E-state index in [-0.39, 0.29) is 10.9 Å². The van der Waals surface area contributed by atoms with Gasteiger partial charge in [0.2, 0.25) is 10.0 Å². The second-order valence-corrected chi connectivity index (χ2v) is 7.42. The Morgan fingerprint density at radius 3 is 2.57 bits per heavy atom. The van der Waals surface area contributed by atoms with Gasteiger partial charge in [0.1, 0.15) is 13.2 Å². The molecule has 2 heterocycles. The van der Waals surface area contributed by atoms with E-state index < -0.39 is 10.0 Å². The third kappa shape index (κ3) is 3.95. The predicted octanol–water partition coefficient (Wildman–Crippen LogP) is 0.457. The van der Waals surface area contributed by atoms with E-state index in [1.165, 1.54) is 12.1 Å². The first-order valence-electron chi connectivity index (χ1n) is 7.77. The Hall–Kier alpha value is -1.35. The second kappa shape index (κ2) is 7.04.